The molecule has 0 radical (unpaired) electrons. The largest absolute Gasteiger partial charge is 0.456 e. The summed E-state index contributed by atoms with van der Waals surface area (Å²) in [6.45, 7) is 0. The molecular formula is C11H9F5O. The molecule has 0 saturated carbocycles. The van der Waals surface area contributed by atoms with Gasteiger partial charge < -0.3 is 5.11 Å². The van der Waals surface area contributed by atoms with Crippen LogP contribution >= 0.6 is 0 Å². The molecule has 1 N–H and O–H groups in total. The number of alkyl halides is 5. The highest BCUT2D eigenvalue weighted by Gasteiger charge is 2.61. The summed E-state index contributed by atoms with van der Waals surface area (Å²) in [7, 11) is 0. The Balaban J connectivity index is 2.80. The van der Waals surface area contributed by atoms with E-state index < -0.39 is 18.2 Å². The van der Waals surface area contributed by atoms with E-state index in [1.54, 1.807) is 18.2 Å². The lowest BCUT2D eigenvalue weighted by Gasteiger charge is -2.22. The molecule has 0 aliphatic carbocycles. The summed E-state index contributed by atoms with van der Waals surface area (Å²) in [4.78, 5) is 0. The Kier molecular flexibility index (Phi) is 3.87. The first kappa shape index (κ1) is 13.6. The second-order valence-electron chi connectivity index (χ2n) is 3.34. The Morgan fingerprint density at radius 3 is 2.00 bits per heavy atom. The maximum absolute atomic E-state index is 12.6. The van der Waals surface area contributed by atoms with E-state index in [1.807, 2.05) is 0 Å². The molecule has 6 heteroatoms. The zero-order valence-electron chi connectivity index (χ0n) is 8.46. The zero-order chi connectivity index (χ0) is 13.1. The van der Waals surface area contributed by atoms with E-state index in [9.17, 15) is 22.0 Å². The molecule has 1 aromatic rings. The predicted molar refractivity (Wildman–Crippen MR) is 52.5 cm³/mol. The Labute approximate surface area is 94.2 Å². The molecule has 1 unspecified atom stereocenters. The summed E-state index contributed by atoms with van der Waals surface area (Å²) in [5.74, 6) is -5.15. The Morgan fingerprint density at radius 1 is 1.00 bits per heavy atom. The van der Waals surface area contributed by atoms with Gasteiger partial charge in [-0.15, -0.1) is 0 Å². The normalized spacial score (nSPS) is 15.2. The Bertz CT molecular complexity index is 383. The summed E-state index contributed by atoms with van der Waals surface area (Å²) < 4.78 is 60.8. The monoisotopic (exact) mass is 252 g/mol. The van der Waals surface area contributed by atoms with Gasteiger partial charge >= 0.3 is 12.1 Å². The summed E-state index contributed by atoms with van der Waals surface area (Å²) in [5, 5.41) is 8.82. The standard InChI is InChI=1S/C11H9F5O/c12-10(13,11(14,15)16)9(17)7-6-8-4-2-1-3-5-8/h1-7,9,17H/b7-6+. The van der Waals surface area contributed by atoms with Crippen LogP contribution in [0.15, 0.2) is 36.4 Å². The van der Waals surface area contributed by atoms with Crippen molar-refractivity contribution in [2.75, 3.05) is 0 Å². The Morgan fingerprint density at radius 2 is 1.53 bits per heavy atom. The fourth-order valence-electron chi connectivity index (χ4n) is 1.05. The quantitative estimate of drug-likeness (QED) is 0.818. The minimum absolute atomic E-state index is 0.419. The molecule has 0 saturated heterocycles. The van der Waals surface area contributed by atoms with Gasteiger partial charge in [-0.3, -0.25) is 0 Å². The summed E-state index contributed by atoms with van der Waals surface area (Å²) >= 11 is 0. The number of halogens is 5. The lowest BCUT2D eigenvalue weighted by molar-refractivity contribution is -0.305. The highest BCUT2D eigenvalue weighted by Crippen LogP contribution is 2.38. The van der Waals surface area contributed by atoms with Gasteiger partial charge in [0.15, 0.2) is 0 Å². The molecule has 1 aromatic carbocycles. The van der Waals surface area contributed by atoms with Gasteiger partial charge in [-0.1, -0.05) is 36.4 Å². The first-order valence-corrected chi connectivity index (χ1v) is 4.61. The number of aliphatic hydroxyl groups excluding tert-OH is 1. The summed E-state index contributed by atoms with van der Waals surface area (Å²) in [6.07, 6.45) is -7.25. The first-order valence-electron chi connectivity index (χ1n) is 4.61. The zero-order valence-corrected chi connectivity index (χ0v) is 8.46. The van der Waals surface area contributed by atoms with Crippen molar-refractivity contribution in [3.05, 3.63) is 42.0 Å². The third-order valence-corrected chi connectivity index (χ3v) is 2.02. The van der Waals surface area contributed by atoms with Crippen LogP contribution in [-0.2, 0) is 0 Å². The average molecular weight is 252 g/mol. The second-order valence-corrected chi connectivity index (χ2v) is 3.34. The topological polar surface area (TPSA) is 20.2 Å². The minimum atomic E-state index is -5.77. The van der Waals surface area contributed by atoms with Crippen LogP contribution in [0.25, 0.3) is 6.08 Å². The fourth-order valence-corrected chi connectivity index (χ4v) is 1.05. The van der Waals surface area contributed by atoms with E-state index in [1.165, 1.54) is 12.1 Å². The van der Waals surface area contributed by atoms with Crippen molar-refractivity contribution in [3.8, 4) is 0 Å². The number of aliphatic hydroxyl groups is 1. The maximum Gasteiger partial charge on any atom is 0.456 e. The number of hydrogen-bond acceptors (Lipinski definition) is 1. The molecule has 0 fully saturated rings. The van der Waals surface area contributed by atoms with Crippen LogP contribution in [0.5, 0.6) is 0 Å². The van der Waals surface area contributed by atoms with E-state index in [4.69, 9.17) is 5.11 Å². The van der Waals surface area contributed by atoms with E-state index in [0.29, 0.717) is 11.6 Å². The molecule has 0 aliphatic rings. The van der Waals surface area contributed by atoms with Gasteiger partial charge in [-0.05, 0) is 11.6 Å². The van der Waals surface area contributed by atoms with Gasteiger partial charge in [0.1, 0.15) is 6.10 Å². The van der Waals surface area contributed by atoms with Gasteiger partial charge in [-0.25, -0.2) is 0 Å². The molecule has 0 aliphatic heterocycles. The van der Waals surface area contributed by atoms with Gasteiger partial charge in [0, 0.05) is 0 Å². The predicted octanol–water partition coefficient (Wildman–Crippen LogP) is 3.26. The van der Waals surface area contributed by atoms with Crippen LogP contribution in [0.4, 0.5) is 22.0 Å². The van der Waals surface area contributed by atoms with Crippen molar-refractivity contribution in [1.82, 2.24) is 0 Å². The lowest BCUT2D eigenvalue weighted by Crippen LogP contribution is -2.46. The molecule has 0 aromatic heterocycles. The van der Waals surface area contributed by atoms with E-state index in [2.05, 4.69) is 0 Å². The van der Waals surface area contributed by atoms with Gasteiger partial charge in [0.25, 0.3) is 0 Å². The van der Waals surface area contributed by atoms with Gasteiger partial charge in [0.05, 0.1) is 0 Å². The van der Waals surface area contributed by atoms with Crippen LogP contribution in [0.3, 0.4) is 0 Å². The minimum Gasteiger partial charge on any atom is -0.382 e. The van der Waals surface area contributed by atoms with Crippen molar-refractivity contribution in [3.63, 3.8) is 0 Å². The van der Waals surface area contributed by atoms with Crippen molar-refractivity contribution < 1.29 is 27.1 Å². The third kappa shape index (κ3) is 3.26. The second kappa shape index (κ2) is 4.83. The molecule has 0 bridgehead atoms. The molecule has 0 heterocycles. The van der Waals surface area contributed by atoms with Gasteiger partial charge in [0.2, 0.25) is 0 Å². The lowest BCUT2D eigenvalue weighted by atomic mass is 10.1. The molecule has 1 atom stereocenters. The van der Waals surface area contributed by atoms with E-state index >= 15 is 0 Å². The molecule has 1 nitrogen and oxygen atoms in total. The smallest absolute Gasteiger partial charge is 0.382 e. The van der Waals surface area contributed by atoms with Crippen molar-refractivity contribution in [2.24, 2.45) is 0 Å². The first-order chi connectivity index (χ1) is 7.75. The van der Waals surface area contributed by atoms with E-state index in [0.717, 1.165) is 6.08 Å². The van der Waals surface area contributed by atoms with Crippen molar-refractivity contribution >= 4 is 6.08 Å². The fraction of sp³-hybridized carbons (Fsp3) is 0.273. The SMILES string of the molecule is OC(/C=C/c1ccccc1)C(F)(F)C(F)(F)F. The Hall–Kier alpha value is -1.43. The highest BCUT2D eigenvalue weighted by molar-refractivity contribution is 5.49. The van der Waals surface area contributed by atoms with Crippen LogP contribution in [-0.4, -0.2) is 23.3 Å². The van der Waals surface area contributed by atoms with E-state index in [-0.39, 0.29) is 0 Å². The number of rotatable bonds is 3. The van der Waals surface area contributed by atoms with Crippen molar-refractivity contribution in [2.45, 2.75) is 18.2 Å². The molecule has 0 amide bonds. The molecule has 1 rings (SSSR count). The molecular weight excluding hydrogens is 243 g/mol. The highest BCUT2D eigenvalue weighted by atomic mass is 19.4. The van der Waals surface area contributed by atoms with Crippen molar-refractivity contribution in [1.29, 1.82) is 0 Å². The molecule has 0 spiro atoms. The van der Waals surface area contributed by atoms with Crippen LogP contribution in [0.1, 0.15) is 5.56 Å². The third-order valence-electron chi connectivity index (χ3n) is 2.02. The van der Waals surface area contributed by atoms with Crippen LogP contribution < -0.4 is 0 Å². The molecule has 17 heavy (non-hydrogen) atoms. The number of benzene rings is 1. The van der Waals surface area contributed by atoms with Crippen LogP contribution in [0.2, 0.25) is 0 Å². The summed E-state index contributed by atoms with van der Waals surface area (Å²) in [6, 6.07) is 7.86. The van der Waals surface area contributed by atoms with Crippen LogP contribution in [0, 0.1) is 0 Å². The van der Waals surface area contributed by atoms with Gasteiger partial charge in [-0.2, -0.15) is 22.0 Å². The molecule has 94 valence electrons. The number of hydrogen-bond donors (Lipinski definition) is 1. The maximum atomic E-state index is 12.6. The average Bonchev–Trinajstić information content (AvgIpc) is 2.25. The summed E-state index contributed by atoms with van der Waals surface area (Å²) in [5.41, 5.74) is 0.421.